The van der Waals surface area contributed by atoms with Crippen molar-refractivity contribution in [3.63, 3.8) is 0 Å². The summed E-state index contributed by atoms with van der Waals surface area (Å²) >= 11 is 1.39. The van der Waals surface area contributed by atoms with E-state index in [1.54, 1.807) is 43.5 Å². The number of ether oxygens (including phenoxy) is 1. The second kappa shape index (κ2) is 9.82. The molecule has 0 radical (unpaired) electrons. The summed E-state index contributed by atoms with van der Waals surface area (Å²) in [5.41, 5.74) is 2.28. The smallest absolute Gasteiger partial charge is 0.281 e. The first-order valence-electron chi connectivity index (χ1n) is 10.8. The lowest BCUT2D eigenvalue weighted by Gasteiger charge is -2.11. The van der Waals surface area contributed by atoms with Gasteiger partial charge in [0.05, 0.1) is 33.5 Å². The van der Waals surface area contributed by atoms with Crippen LogP contribution in [-0.4, -0.2) is 26.0 Å². The molecule has 9 heteroatoms. The lowest BCUT2D eigenvalue weighted by Crippen LogP contribution is -2.18. The highest BCUT2D eigenvalue weighted by molar-refractivity contribution is 7.92. The van der Waals surface area contributed by atoms with Gasteiger partial charge >= 0.3 is 0 Å². The summed E-state index contributed by atoms with van der Waals surface area (Å²) in [4.78, 5) is 18.3. The molecule has 34 heavy (non-hydrogen) atoms. The van der Waals surface area contributed by atoms with Crippen molar-refractivity contribution in [2.75, 3.05) is 11.8 Å². The number of para-hydroxylation sites is 1. The number of hydrogen-bond acceptors (Lipinski definition) is 5. The van der Waals surface area contributed by atoms with Gasteiger partial charge in [-0.25, -0.2) is 8.42 Å². The van der Waals surface area contributed by atoms with E-state index in [0.717, 1.165) is 28.0 Å². The summed E-state index contributed by atoms with van der Waals surface area (Å²) in [6, 6.07) is 18.7. The Hall–Kier alpha value is -3.43. The molecular formula is C25H25N3O4S2. The van der Waals surface area contributed by atoms with E-state index in [4.69, 9.17) is 4.74 Å². The highest BCUT2D eigenvalue weighted by Crippen LogP contribution is 2.24. The molecule has 0 aliphatic heterocycles. The Kier molecular flexibility index (Phi) is 6.85. The zero-order valence-corrected chi connectivity index (χ0v) is 20.7. The SMILES string of the molecule is CCCn1c(=NC(=O)c2ccccc2NS(=O)(=O)c2ccc(C)cc2)sc2cc(OC)ccc21. The van der Waals surface area contributed by atoms with Gasteiger partial charge < -0.3 is 9.30 Å². The second-order valence-electron chi connectivity index (χ2n) is 7.75. The van der Waals surface area contributed by atoms with Crippen LogP contribution in [0.4, 0.5) is 5.69 Å². The van der Waals surface area contributed by atoms with E-state index in [0.29, 0.717) is 11.3 Å². The fourth-order valence-electron chi connectivity index (χ4n) is 3.53. The zero-order valence-electron chi connectivity index (χ0n) is 19.1. The van der Waals surface area contributed by atoms with E-state index in [1.807, 2.05) is 29.7 Å². The Labute approximate surface area is 202 Å². The van der Waals surface area contributed by atoms with Gasteiger partial charge in [0, 0.05) is 6.54 Å². The van der Waals surface area contributed by atoms with Crippen molar-refractivity contribution in [3.05, 3.63) is 82.7 Å². The van der Waals surface area contributed by atoms with E-state index in [-0.39, 0.29) is 16.1 Å². The predicted molar refractivity (Wildman–Crippen MR) is 135 cm³/mol. The third-order valence-corrected chi connectivity index (χ3v) is 7.69. The minimum absolute atomic E-state index is 0.122. The molecule has 176 valence electrons. The van der Waals surface area contributed by atoms with E-state index in [1.165, 1.54) is 23.5 Å². The first-order valence-corrected chi connectivity index (χ1v) is 13.1. The monoisotopic (exact) mass is 495 g/mol. The number of anilines is 1. The third kappa shape index (κ3) is 4.90. The molecule has 4 rings (SSSR count). The van der Waals surface area contributed by atoms with Crippen LogP contribution in [0, 0.1) is 6.92 Å². The lowest BCUT2D eigenvalue weighted by atomic mass is 10.2. The average Bonchev–Trinajstić information content (AvgIpc) is 3.15. The van der Waals surface area contributed by atoms with Crippen molar-refractivity contribution in [2.45, 2.75) is 31.7 Å². The lowest BCUT2D eigenvalue weighted by molar-refractivity contribution is 0.0998. The molecule has 0 bridgehead atoms. The number of carbonyl (C=O) groups is 1. The molecule has 1 amide bonds. The first kappa shape index (κ1) is 23.7. The van der Waals surface area contributed by atoms with Gasteiger partial charge in [-0.2, -0.15) is 4.99 Å². The molecule has 7 nitrogen and oxygen atoms in total. The number of aryl methyl sites for hydroxylation is 2. The topological polar surface area (TPSA) is 89.8 Å². The number of hydrogen-bond donors (Lipinski definition) is 1. The number of methoxy groups -OCH3 is 1. The summed E-state index contributed by atoms with van der Waals surface area (Å²) in [5.74, 6) is 0.205. The van der Waals surface area contributed by atoms with E-state index < -0.39 is 15.9 Å². The van der Waals surface area contributed by atoms with Gasteiger partial charge in [-0.3, -0.25) is 9.52 Å². The van der Waals surface area contributed by atoms with Crippen LogP contribution in [0.1, 0.15) is 29.3 Å². The molecule has 0 saturated carbocycles. The van der Waals surface area contributed by atoms with Crippen LogP contribution in [0.15, 0.2) is 76.6 Å². The van der Waals surface area contributed by atoms with Crippen molar-refractivity contribution in [1.29, 1.82) is 0 Å². The number of amides is 1. The minimum atomic E-state index is -3.86. The summed E-state index contributed by atoms with van der Waals surface area (Å²) in [7, 11) is -2.25. The predicted octanol–water partition coefficient (Wildman–Crippen LogP) is 4.97. The van der Waals surface area contributed by atoms with Crippen LogP contribution in [0.3, 0.4) is 0 Å². The van der Waals surface area contributed by atoms with E-state index in [2.05, 4.69) is 16.6 Å². The summed E-state index contributed by atoms with van der Waals surface area (Å²) in [6.07, 6.45) is 0.867. The maximum absolute atomic E-state index is 13.2. The fourth-order valence-corrected chi connectivity index (χ4v) is 5.70. The molecule has 0 unspecified atom stereocenters. The number of aromatic nitrogens is 1. The number of sulfonamides is 1. The molecule has 0 atom stereocenters. The molecule has 1 aromatic heterocycles. The third-order valence-electron chi connectivity index (χ3n) is 5.27. The molecule has 4 aromatic rings. The van der Waals surface area contributed by atoms with Gasteiger partial charge in [-0.05, 0) is 55.8 Å². The number of fused-ring (bicyclic) bond motifs is 1. The van der Waals surface area contributed by atoms with Gasteiger partial charge in [-0.1, -0.05) is 48.1 Å². The highest BCUT2D eigenvalue weighted by atomic mass is 32.2. The number of benzene rings is 3. The highest BCUT2D eigenvalue weighted by Gasteiger charge is 2.19. The maximum atomic E-state index is 13.2. The first-order chi connectivity index (χ1) is 16.3. The number of rotatable bonds is 7. The molecule has 0 spiro atoms. The van der Waals surface area contributed by atoms with Crippen LogP contribution in [0.2, 0.25) is 0 Å². The fraction of sp³-hybridized carbons (Fsp3) is 0.200. The van der Waals surface area contributed by atoms with Gasteiger partial charge in [0.25, 0.3) is 15.9 Å². The van der Waals surface area contributed by atoms with Crippen molar-refractivity contribution >= 4 is 43.2 Å². The van der Waals surface area contributed by atoms with Crippen molar-refractivity contribution in [2.24, 2.45) is 4.99 Å². The van der Waals surface area contributed by atoms with Crippen LogP contribution in [-0.2, 0) is 16.6 Å². The largest absolute Gasteiger partial charge is 0.497 e. The van der Waals surface area contributed by atoms with Crippen LogP contribution in [0.25, 0.3) is 10.2 Å². The minimum Gasteiger partial charge on any atom is -0.497 e. The molecule has 1 heterocycles. The van der Waals surface area contributed by atoms with Crippen LogP contribution >= 0.6 is 11.3 Å². The van der Waals surface area contributed by atoms with Gasteiger partial charge in [0.1, 0.15) is 5.75 Å². The standard InChI is InChI=1S/C25H25N3O4S2/c1-4-15-28-22-14-11-18(32-3)16-23(22)33-25(28)26-24(29)20-7-5-6-8-21(20)27-34(30,31)19-12-9-17(2)10-13-19/h5-14,16,27H,4,15H2,1-3H3. The van der Waals surface area contributed by atoms with Crippen molar-refractivity contribution in [1.82, 2.24) is 4.57 Å². The molecule has 0 aliphatic carbocycles. The van der Waals surface area contributed by atoms with Crippen LogP contribution < -0.4 is 14.3 Å². The van der Waals surface area contributed by atoms with Crippen LogP contribution in [0.5, 0.6) is 5.75 Å². The van der Waals surface area contributed by atoms with Crippen molar-refractivity contribution < 1.29 is 17.9 Å². The number of nitrogens with one attached hydrogen (secondary N) is 1. The average molecular weight is 496 g/mol. The number of thiazole rings is 1. The quantitative estimate of drug-likeness (QED) is 0.392. The van der Waals surface area contributed by atoms with E-state index >= 15 is 0 Å². The van der Waals surface area contributed by atoms with Gasteiger partial charge in [0.15, 0.2) is 4.80 Å². The molecule has 0 aliphatic rings. The van der Waals surface area contributed by atoms with E-state index in [9.17, 15) is 13.2 Å². The summed E-state index contributed by atoms with van der Waals surface area (Å²) < 4.78 is 36.6. The zero-order chi connectivity index (χ0) is 24.3. The molecule has 0 fully saturated rings. The maximum Gasteiger partial charge on any atom is 0.281 e. The van der Waals surface area contributed by atoms with Gasteiger partial charge in [-0.15, -0.1) is 0 Å². The number of carbonyl (C=O) groups excluding carboxylic acids is 1. The molecule has 0 saturated heterocycles. The molecular weight excluding hydrogens is 470 g/mol. The Morgan fingerprint density at radius 3 is 2.53 bits per heavy atom. The Morgan fingerprint density at radius 2 is 1.82 bits per heavy atom. The number of nitrogens with zero attached hydrogens (tertiary/aromatic N) is 2. The van der Waals surface area contributed by atoms with Crippen molar-refractivity contribution in [3.8, 4) is 5.75 Å². The normalized spacial score (nSPS) is 12.1. The molecule has 3 aromatic carbocycles. The Balaban J connectivity index is 1.74. The summed E-state index contributed by atoms with van der Waals surface area (Å²) in [5, 5.41) is 0. The second-order valence-corrected chi connectivity index (χ2v) is 10.4. The summed E-state index contributed by atoms with van der Waals surface area (Å²) in [6.45, 7) is 4.63. The Morgan fingerprint density at radius 1 is 1.09 bits per heavy atom. The Bertz CT molecular complexity index is 1520. The molecule has 1 N–H and O–H groups in total. The van der Waals surface area contributed by atoms with Gasteiger partial charge in [0.2, 0.25) is 0 Å².